The molecule has 0 aliphatic carbocycles. The van der Waals surface area contributed by atoms with Crippen LogP contribution in [0.3, 0.4) is 0 Å². The van der Waals surface area contributed by atoms with Crippen molar-refractivity contribution in [1.82, 2.24) is 4.90 Å². The summed E-state index contributed by atoms with van der Waals surface area (Å²) in [6, 6.07) is 15.3. The normalized spacial score (nSPS) is 19.8. The van der Waals surface area contributed by atoms with Crippen molar-refractivity contribution in [1.29, 1.82) is 0 Å². The molecular formula is C23H28N2O4. The van der Waals surface area contributed by atoms with Crippen LogP contribution in [0.4, 0.5) is 5.69 Å². The maximum Gasteiger partial charge on any atom is 0.255 e. The molecule has 29 heavy (non-hydrogen) atoms. The lowest BCUT2D eigenvalue weighted by Crippen LogP contribution is -2.35. The monoisotopic (exact) mass is 396 g/mol. The van der Waals surface area contributed by atoms with Gasteiger partial charge < -0.3 is 19.5 Å². The minimum atomic E-state index is -0.128. The SMILES string of the molecule is O=C(Nc1ccc(CN2CCOCC2)cc1)c1ccc(OCC2CCCO2)cc1. The Morgan fingerprint density at radius 2 is 1.79 bits per heavy atom. The molecule has 2 aromatic carbocycles. The zero-order chi connectivity index (χ0) is 19.9. The summed E-state index contributed by atoms with van der Waals surface area (Å²) >= 11 is 0. The molecule has 0 spiro atoms. The van der Waals surface area contributed by atoms with E-state index in [0.717, 1.165) is 63.7 Å². The first-order valence-electron chi connectivity index (χ1n) is 10.3. The average molecular weight is 396 g/mol. The van der Waals surface area contributed by atoms with Gasteiger partial charge in [0.25, 0.3) is 5.91 Å². The lowest BCUT2D eigenvalue weighted by atomic mass is 10.1. The fourth-order valence-electron chi connectivity index (χ4n) is 3.58. The van der Waals surface area contributed by atoms with Gasteiger partial charge in [-0.1, -0.05) is 12.1 Å². The molecule has 1 unspecified atom stereocenters. The minimum absolute atomic E-state index is 0.128. The summed E-state index contributed by atoms with van der Waals surface area (Å²) in [5.41, 5.74) is 2.63. The summed E-state index contributed by atoms with van der Waals surface area (Å²) in [4.78, 5) is 14.9. The van der Waals surface area contributed by atoms with Gasteiger partial charge in [-0.25, -0.2) is 0 Å². The summed E-state index contributed by atoms with van der Waals surface area (Å²) in [7, 11) is 0. The van der Waals surface area contributed by atoms with Crippen molar-refractivity contribution in [3.8, 4) is 5.75 Å². The topological polar surface area (TPSA) is 60.0 Å². The summed E-state index contributed by atoms with van der Waals surface area (Å²) in [5, 5.41) is 2.95. The fraction of sp³-hybridized carbons (Fsp3) is 0.435. The molecule has 2 heterocycles. The number of hydrogen-bond donors (Lipinski definition) is 1. The Labute approximate surface area is 171 Å². The molecule has 6 heteroatoms. The molecule has 154 valence electrons. The van der Waals surface area contributed by atoms with E-state index in [9.17, 15) is 4.79 Å². The van der Waals surface area contributed by atoms with E-state index in [1.54, 1.807) is 12.1 Å². The van der Waals surface area contributed by atoms with Gasteiger partial charge in [0.2, 0.25) is 0 Å². The highest BCUT2D eigenvalue weighted by Gasteiger charge is 2.16. The van der Waals surface area contributed by atoms with Crippen LogP contribution in [0.2, 0.25) is 0 Å². The lowest BCUT2D eigenvalue weighted by Gasteiger charge is -2.26. The highest BCUT2D eigenvalue weighted by molar-refractivity contribution is 6.04. The second-order valence-electron chi connectivity index (χ2n) is 7.51. The minimum Gasteiger partial charge on any atom is -0.491 e. The number of nitrogens with one attached hydrogen (secondary N) is 1. The summed E-state index contributed by atoms with van der Waals surface area (Å²) in [6.07, 6.45) is 2.33. The number of carbonyl (C=O) groups excluding carboxylic acids is 1. The van der Waals surface area contributed by atoms with Crippen LogP contribution >= 0.6 is 0 Å². The molecule has 1 amide bonds. The van der Waals surface area contributed by atoms with Crippen LogP contribution in [0.1, 0.15) is 28.8 Å². The average Bonchev–Trinajstić information content (AvgIpc) is 3.28. The van der Waals surface area contributed by atoms with Gasteiger partial charge in [0.15, 0.2) is 0 Å². The third-order valence-corrected chi connectivity index (χ3v) is 5.30. The number of nitrogens with zero attached hydrogens (tertiary/aromatic N) is 1. The van der Waals surface area contributed by atoms with Gasteiger partial charge in [-0.15, -0.1) is 0 Å². The van der Waals surface area contributed by atoms with Crippen LogP contribution < -0.4 is 10.1 Å². The standard InChI is InChI=1S/C23H28N2O4/c26-23(19-5-9-21(10-6-19)29-17-22-2-1-13-28-22)24-20-7-3-18(4-8-20)16-25-11-14-27-15-12-25/h3-10,22H,1-2,11-17H2,(H,24,26). The first-order chi connectivity index (χ1) is 14.3. The van der Waals surface area contributed by atoms with E-state index in [1.165, 1.54) is 5.56 Å². The first kappa shape index (κ1) is 19.9. The van der Waals surface area contributed by atoms with Gasteiger partial charge in [-0.05, 0) is 54.8 Å². The van der Waals surface area contributed by atoms with Gasteiger partial charge in [0.1, 0.15) is 12.4 Å². The molecule has 2 saturated heterocycles. The van der Waals surface area contributed by atoms with E-state index in [0.29, 0.717) is 12.2 Å². The van der Waals surface area contributed by atoms with Crippen molar-refractivity contribution >= 4 is 11.6 Å². The second kappa shape index (κ2) is 9.87. The van der Waals surface area contributed by atoms with Crippen LogP contribution in [-0.2, 0) is 16.0 Å². The van der Waals surface area contributed by atoms with Crippen molar-refractivity contribution in [2.24, 2.45) is 0 Å². The van der Waals surface area contributed by atoms with Crippen molar-refractivity contribution < 1.29 is 19.0 Å². The third-order valence-electron chi connectivity index (χ3n) is 5.30. The van der Waals surface area contributed by atoms with E-state index >= 15 is 0 Å². The molecule has 0 radical (unpaired) electrons. The predicted octanol–water partition coefficient (Wildman–Crippen LogP) is 3.33. The number of anilines is 1. The molecule has 1 N–H and O–H groups in total. The maximum atomic E-state index is 12.5. The van der Waals surface area contributed by atoms with E-state index in [1.807, 2.05) is 24.3 Å². The molecule has 2 fully saturated rings. The summed E-state index contributed by atoms with van der Waals surface area (Å²) in [6.45, 7) is 5.81. The number of ether oxygens (including phenoxy) is 3. The highest BCUT2D eigenvalue weighted by Crippen LogP contribution is 2.18. The van der Waals surface area contributed by atoms with Crippen LogP contribution in [0.25, 0.3) is 0 Å². The van der Waals surface area contributed by atoms with E-state index < -0.39 is 0 Å². The van der Waals surface area contributed by atoms with Gasteiger partial charge in [-0.3, -0.25) is 9.69 Å². The molecule has 1 atom stereocenters. The molecule has 2 aromatic rings. The highest BCUT2D eigenvalue weighted by atomic mass is 16.5. The van der Waals surface area contributed by atoms with Crippen LogP contribution in [0, 0.1) is 0 Å². The molecule has 6 nitrogen and oxygen atoms in total. The van der Waals surface area contributed by atoms with Crippen LogP contribution in [0.5, 0.6) is 5.75 Å². The third kappa shape index (κ3) is 5.79. The fourth-order valence-corrected chi connectivity index (χ4v) is 3.58. The van der Waals surface area contributed by atoms with E-state index in [4.69, 9.17) is 14.2 Å². The quantitative estimate of drug-likeness (QED) is 0.778. The van der Waals surface area contributed by atoms with Crippen LogP contribution in [-0.4, -0.2) is 56.4 Å². The van der Waals surface area contributed by atoms with Gasteiger partial charge >= 0.3 is 0 Å². The van der Waals surface area contributed by atoms with E-state index in [2.05, 4.69) is 22.3 Å². The summed E-state index contributed by atoms with van der Waals surface area (Å²) < 4.78 is 16.7. The number of rotatable bonds is 7. The first-order valence-corrected chi connectivity index (χ1v) is 10.3. The van der Waals surface area contributed by atoms with E-state index in [-0.39, 0.29) is 12.0 Å². The Bertz CT molecular complexity index is 780. The molecule has 0 saturated carbocycles. The van der Waals surface area contributed by atoms with Crippen molar-refractivity contribution in [2.45, 2.75) is 25.5 Å². The molecule has 4 rings (SSSR count). The Kier molecular flexibility index (Phi) is 6.77. The Morgan fingerprint density at radius 3 is 2.48 bits per heavy atom. The maximum absolute atomic E-state index is 12.5. The Hall–Kier alpha value is -2.41. The number of hydrogen-bond acceptors (Lipinski definition) is 5. The number of amides is 1. The zero-order valence-electron chi connectivity index (χ0n) is 16.6. The number of morpholine rings is 1. The Morgan fingerprint density at radius 1 is 1.03 bits per heavy atom. The lowest BCUT2D eigenvalue weighted by molar-refractivity contribution is 0.0342. The van der Waals surface area contributed by atoms with Crippen molar-refractivity contribution in [2.75, 3.05) is 44.8 Å². The van der Waals surface area contributed by atoms with Gasteiger partial charge in [0, 0.05) is 37.5 Å². The predicted molar refractivity (Wildman–Crippen MR) is 111 cm³/mol. The molecule has 0 aromatic heterocycles. The van der Waals surface area contributed by atoms with Gasteiger partial charge in [-0.2, -0.15) is 0 Å². The molecule has 0 bridgehead atoms. The van der Waals surface area contributed by atoms with Crippen LogP contribution in [0.15, 0.2) is 48.5 Å². The van der Waals surface area contributed by atoms with Crippen molar-refractivity contribution in [3.63, 3.8) is 0 Å². The Balaban J connectivity index is 1.26. The molecule has 2 aliphatic heterocycles. The molecular weight excluding hydrogens is 368 g/mol. The summed E-state index contributed by atoms with van der Waals surface area (Å²) in [5.74, 6) is 0.626. The van der Waals surface area contributed by atoms with Gasteiger partial charge in [0.05, 0.1) is 19.3 Å². The largest absolute Gasteiger partial charge is 0.491 e. The zero-order valence-corrected chi connectivity index (χ0v) is 16.6. The second-order valence-corrected chi connectivity index (χ2v) is 7.51. The molecule has 2 aliphatic rings. The number of benzene rings is 2. The van der Waals surface area contributed by atoms with Crippen molar-refractivity contribution in [3.05, 3.63) is 59.7 Å². The number of carbonyl (C=O) groups is 1. The smallest absolute Gasteiger partial charge is 0.255 e.